The average Bonchev–Trinajstić information content (AvgIpc) is 2.61. The fraction of sp³-hybridized carbons (Fsp3) is 0.211. The lowest BCUT2D eigenvalue weighted by molar-refractivity contribution is -0.115. The third-order valence-corrected chi connectivity index (χ3v) is 5.14. The van der Waals surface area contributed by atoms with Crippen molar-refractivity contribution in [1.82, 2.24) is 9.55 Å². The van der Waals surface area contributed by atoms with Crippen LogP contribution in [0.2, 0.25) is 0 Å². The van der Waals surface area contributed by atoms with Crippen molar-refractivity contribution in [3.8, 4) is 0 Å². The first-order valence-electron chi connectivity index (χ1n) is 7.96. The predicted molar refractivity (Wildman–Crippen MR) is 104 cm³/mol. The second-order valence-electron chi connectivity index (χ2n) is 5.84. The summed E-state index contributed by atoms with van der Waals surface area (Å²) < 4.78 is 1.49. The Hall–Kier alpha value is -2.60. The van der Waals surface area contributed by atoms with Gasteiger partial charge in [-0.05, 0) is 37.6 Å². The molecule has 0 fully saturated rings. The second kappa shape index (κ2) is 7.11. The van der Waals surface area contributed by atoms with Gasteiger partial charge in [0.15, 0.2) is 5.16 Å². The standard InChI is InChI=1S/C19H19N3O2S.H2/c1-12-8-4-6-10-15(12)20-17(23)13(2)25-19-21-16-11-7-5-9-14(16)18(24)22(19)3;/h4-11,13H,1-3H3,(H,20,23);1H/t13-;/m1./s1. The molecule has 1 heterocycles. The Kier molecular flexibility index (Phi) is 4.90. The van der Waals surface area contributed by atoms with Crippen LogP contribution in [0.15, 0.2) is 58.5 Å². The number of fused-ring (bicyclic) bond motifs is 1. The van der Waals surface area contributed by atoms with Crippen LogP contribution in [0.3, 0.4) is 0 Å². The lowest BCUT2D eigenvalue weighted by Crippen LogP contribution is -2.25. The lowest BCUT2D eigenvalue weighted by Gasteiger charge is -2.15. The van der Waals surface area contributed by atoms with Crippen molar-refractivity contribution >= 4 is 34.3 Å². The van der Waals surface area contributed by atoms with Gasteiger partial charge in [-0.15, -0.1) is 0 Å². The third kappa shape index (κ3) is 3.58. The number of carbonyl (C=O) groups is 1. The highest BCUT2D eigenvalue weighted by Crippen LogP contribution is 2.23. The molecule has 1 N–H and O–H groups in total. The van der Waals surface area contributed by atoms with Gasteiger partial charge in [-0.2, -0.15) is 0 Å². The molecule has 0 saturated carbocycles. The first-order chi connectivity index (χ1) is 12.0. The quantitative estimate of drug-likeness (QED) is 0.574. The van der Waals surface area contributed by atoms with E-state index in [0.717, 1.165) is 11.3 Å². The minimum Gasteiger partial charge on any atom is -0.325 e. The molecule has 0 unspecified atom stereocenters. The zero-order valence-corrected chi connectivity index (χ0v) is 15.1. The van der Waals surface area contributed by atoms with Crippen LogP contribution in [-0.4, -0.2) is 20.7 Å². The second-order valence-corrected chi connectivity index (χ2v) is 7.15. The van der Waals surface area contributed by atoms with Crippen molar-refractivity contribution < 1.29 is 6.22 Å². The van der Waals surface area contributed by atoms with Crippen molar-refractivity contribution in [2.24, 2.45) is 7.05 Å². The van der Waals surface area contributed by atoms with Crippen molar-refractivity contribution in [3.63, 3.8) is 0 Å². The topological polar surface area (TPSA) is 64.0 Å². The van der Waals surface area contributed by atoms with Gasteiger partial charge in [0.1, 0.15) is 0 Å². The zero-order chi connectivity index (χ0) is 18.0. The SMILES string of the molecule is Cc1ccccc1NC(=O)[C@@H](C)Sc1nc2ccccc2c(=O)n1C.[HH]. The molecule has 0 bridgehead atoms. The average molecular weight is 355 g/mol. The van der Waals surface area contributed by atoms with Crippen LogP contribution < -0.4 is 10.9 Å². The molecular weight excluding hydrogens is 334 g/mol. The summed E-state index contributed by atoms with van der Waals surface area (Å²) in [6, 6.07) is 14.9. The molecule has 0 spiro atoms. The molecule has 2 aromatic carbocycles. The number of para-hydroxylation sites is 2. The fourth-order valence-electron chi connectivity index (χ4n) is 2.46. The normalized spacial score (nSPS) is 12.1. The minimum atomic E-state index is -0.390. The molecule has 25 heavy (non-hydrogen) atoms. The van der Waals surface area contributed by atoms with Gasteiger partial charge in [-0.1, -0.05) is 42.1 Å². The molecule has 0 aliphatic carbocycles. The van der Waals surface area contributed by atoms with Crippen molar-refractivity contribution in [2.45, 2.75) is 24.3 Å². The first-order valence-corrected chi connectivity index (χ1v) is 8.84. The van der Waals surface area contributed by atoms with E-state index < -0.39 is 0 Å². The molecule has 130 valence electrons. The first kappa shape index (κ1) is 17.2. The summed E-state index contributed by atoms with van der Waals surface area (Å²) in [4.78, 5) is 29.5. The van der Waals surface area contributed by atoms with Crippen LogP contribution in [0.4, 0.5) is 5.69 Å². The summed E-state index contributed by atoms with van der Waals surface area (Å²) >= 11 is 1.27. The Balaban J connectivity index is 0.00000243. The Morgan fingerprint density at radius 1 is 1.20 bits per heavy atom. The predicted octanol–water partition coefficient (Wildman–Crippen LogP) is 3.61. The number of benzene rings is 2. The number of nitrogens with zero attached hydrogens (tertiary/aromatic N) is 2. The number of aromatic nitrogens is 2. The molecule has 0 aliphatic rings. The number of nitrogens with one attached hydrogen (secondary N) is 1. The summed E-state index contributed by atoms with van der Waals surface area (Å²) in [6.07, 6.45) is 0. The summed E-state index contributed by atoms with van der Waals surface area (Å²) in [5, 5.41) is 3.64. The number of aryl methyl sites for hydroxylation is 1. The fourth-order valence-corrected chi connectivity index (χ4v) is 3.34. The zero-order valence-electron chi connectivity index (χ0n) is 14.3. The molecule has 5 nitrogen and oxygen atoms in total. The summed E-state index contributed by atoms with van der Waals surface area (Å²) in [7, 11) is 1.68. The molecule has 3 aromatic rings. The van der Waals surface area contributed by atoms with Crippen LogP contribution in [0, 0.1) is 6.92 Å². The Bertz CT molecular complexity index is 1000. The van der Waals surface area contributed by atoms with Gasteiger partial charge in [-0.3, -0.25) is 14.2 Å². The third-order valence-electron chi connectivity index (χ3n) is 4.00. The highest BCUT2D eigenvalue weighted by molar-refractivity contribution is 8.00. The largest absolute Gasteiger partial charge is 0.325 e. The Morgan fingerprint density at radius 3 is 2.64 bits per heavy atom. The van der Waals surface area contributed by atoms with E-state index in [1.807, 2.05) is 43.3 Å². The molecule has 3 rings (SSSR count). The minimum absolute atomic E-state index is 0. The van der Waals surface area contributed by atoms with Gasteiger partial charge in [-0.25, -0.2) is 4.98 Å². The Morgan fingerprint density at radius 2 is 1.88 bits per heavy atom. The van der Waals surface area contributed by atoms with Crippen LogP contribution >= 0.6 is 11.8 Å². The number of anilines is 1. The summed E-state index contributed by atoms with van der Waals surface area (Å²) in [5.41, 5.74) is 2.32. The van der Waals surface area contributed by atoms with Gasteiger partial charge in [0.05, 0.1) is 16.2 Å². The van der Waals surface area contributed by atoms with E-state index in [4.69, 9.17) is 0 Å². The van der Waals surface area contributed by atoms with Crippen molar-refractivity contribution in [3.05, 3.63) is 64.4 Å². The van der Waals surface area contributed by atoms with E-state index >= 15 is 0 Å². The maximum atomic E-state index is 12.5. The van der Waals surface area contributed by atoms with Crippen LogP contribution in [0.1, 0.15) is 13.9 Å². The molecule has 0 aliphatic heterocycles. The highest BCUT2D eigenvalue weighted by Gasteiger charge is 2.18. The monoisotopic (exact) mass is 355 g/mol. The molecule has 1 aromatic heterocycles. The Labute approximate surface area is 151 Å². The maximum absolute atomic E-state index is 12.5. The number of hydrogen-bond donors (Lipinski definition) is 1. The van der Waals surface area contributed by atoms with E-state index in [1.165, 1.54) is 16.3 Å². The van der Waals surface area contributed by atoms with Crippen LogP contribution in [-0.2, 0) is 11.8 Å². The maximum Gasteiger partial charge on any atom is 0.261 e. The van der Waals surface area contributed by atoms with E-state index in [-0.39, 0.29) is 18.1 Å². The summed E-state index contributed by atoms with van der Waals surface area (Å²) in [6.45, 7) is 3.75. The molecule has 0 radical (unpaired) electrons. The molecule has 1 atom stereocenters. The number of amides is 1. The smallest absolute Gasteiger partial charge is 0.261 e. The van der Waals surface area contributed by atoms with Gasteiger partial charge in [0.25, 0.3) is 5.56 Å². The number of hydrogen-bond acceptors (Lipinski definition) is 4. The van der Waals surface area contributed by atoms with E-state index in [9.17, 15) is 9.59 Å². The number of thioether (sulfide) groups is 1. The van der Waals surface area contributed by atoms with E-state index in [0.29, 0.717) is 16.1 Å². The summed E-state index contributed by atoms with van der Waals surface area (Å²) in [5.74, 6) is -0.123. The highest BCUT2D eigenvalue weighted by atomic mass is 32.2. The van der Waals surface area contributed by atoms with Gasteiger partial charge in [0, 0.05) is 14.2 Å². The van der Waals surface area contributed by atoms with E-state index in [1.54, 1.807) is 26.1 Å². The van der Waals surface area contributed by atoms with Crippen LogP contribution in [0.5, 0.6) is 0 Å². The molecule has 1 amide bonds. The molecule has 6 heteroatoms. The molecular formula is C19H21N3O2S. The van der Waals surface area contributed by atoms with Gasteiger partial charge < -0.3 is 5.32 Å². The van der Waals surface area contributed by atoms with Crippen LogP contribution in [0.25, 0.3) is 10.9 Å². The number of carbonyl (C=O) groups excluding carboxylic acids is 1. The van der Waals surface area contributed by atoms with Crippen molar-refractivity contribution in [2.75, 3.05) is 5.32 Å². The lowest BCUT2D eigenvalue weighted by atomic mass is 10.2. The van der Waals surface area contributed by atoms with Crippen molar-refractivity contribution in [1.29, 1.82) is 0 Å². The van der Waals surface area contributed by atoms with Gasteiger partial charge in [0.2, 0.25) is 5.91 Å². The van der Waals surface area contributed by atoms with Gasteiger partial charge >= 0.3 is 0 Å². The number of rotatable bonds is 4. The van der Waals surface area contributed by atoms with E-state index in [2.05, 4.69) is 10.3 Å². The molecule has 0 saturated heterocycles.